The van der Waals surface area contributed by atoms with Gasteiger partial charge in [-0.05, 0) is 25.0 Å². The number of rotatable bonds is 7. The van der Waals surface area contributed by atoms with Gasteiger partial charge in [0, 0.05) is 25.0 Å². The summed E-state index contributed by atoms with van der Waals surface area (Å²) in [5.41, 5.74) is 1.37. The van der Waals surface area contributed by atoms with Crippen molar-refractivity contribution < 1.29 is 24.2 Å². The van der Waals surface area contributed by atoms with Gasteiger partial charge in [0.2, 0.25) is 0 Å². The van der Waals surface area contributed by atoms with Gasteiger partial charge in [-0.1, -0.05) is 18.5 Å². The second-order valence-corrected chi connectivity index (χ2v) is 6.77. The maximum absolute atomic E-state index is 12.1. The topological polar surface area (TPSA) is 102 Å². The molecule has 0 radical (unpaired) electrons. The van der Waals surface area contributed by atoms with Crippen LogP contribution in [0.15, 0.2) is 24.5 Å². The summed E-state index contributed by atoms with van der Waals surface area (Å²) < 4.78 is 11.5. The Morgan fingerprint density at radius 2 is 2.11 bits per heavy atom. The van der Waals surface area contributed by atoms with Gasteiger partial charge in [-0.2, -0.15) is 0 Å². The first kappa shape index (κ1) is 19.9. The second-order valence-electron chi connectivity index (χ2n) is 6.36. The van der Waals surface area contributed by atoms with Crippen molar-refractivity contribution in [1.29, 1.82) is 0 Å². The Hall–Kier alpha value is -2.87. The highest BCUT2D eigenvalue weighted by molar-refractivity contribution is 6.32. The molecule has 1 aromatic carbocycles. The minimum Gasteiger partial charge on any atom is -0.481 e. The van der Waals surface area contributed by atoms with Gasteiger partial charge >= 0.3 is 5.97 Å². The number of carboxylic acid groups (broad SMARTS) is 1. The van der Waals surface area contributed by atoms with Gasteiger partial charge in [0.1, 0.15) is 11.5 Å². The number of fused-ring (bicyclic) bond motifs is 1. The van der Waals surface area contributed by atoms with Crippen LogP contribution in [-0.4, -0.2) is 40.1 Å². The van der Waals surface area contributed by atoms with Crippen LogP contribution in [0.3, 0.4) is 0 Å². The van der Waals surface area contributed by atoms with E-state index in [1.54, 1.807) is 24.5 Å². The standard InChI is InChI=1S/C19H20ClN3O5/c1-3-14(19-21-8-11(2)9-22-19)28-15-7-16-13(6-12(15)20)23(5-4-18(25)26)17(24)10-27-16/h6-9,14H,3-5,10H2,1-2H3,(H,25,26)/t14-/m1/s1. The highest BCUT2D eigenvalue weighted by Gasteiger charge is 2.28. The molecule has 1 amide bonds. The van der Waals surface area contributed by atoms with Gasteiger partial charge in [-0.15, -0.1) is 0 Å². The predicted molar refractivity (Wildman–Crippen MR) is 102 cm³/mol. The Balaban J connectivity index is 1.86. The van der Waals surface area contributed by atoms with Crippen LogP contribution in [0.1, 0.15) is 37.3 Å². The molecule has 0 saturated heterocycles. The molecular formula is C19H20ClN3O5. The first-order chi connectivity index (χ1) is 13.4. The molecule has 2 heterocycles. The zero-order valence-corrected chi connectivity index (χ0v) is 16.3. The van der Waals surface area contributed by atoms with E-state index in [2.05, 4.69) is 9.97 Å². The Morgan fingerprint density at radius 3 is 2.75 bits per heavy atom. The maximum atomic E-state index is 12.1. The number of carbonyl (C=O) groups excluding carboxylic acids is 1. The van der Waals surface area contributed by atoms with E-state index in [4.69, 9.17) is 26.2 Å². The van der Waals surface area contributed by atoms with E-state index in [0.717, 1.165) is 5.56 Å². The normalized spacial score (nSPS) is 14.2. The first-order valence-corrected chi connectivity index (χ1v) is 9.20. The number of halogens is 1. The largest absolute Gasteiger partial charge is 0.481 e. The number of nitrogens with zero attached hydrogens (tertiary/aromatic N) is 3. The van der Waals surface area contributed by atoms with Crippen LogP contribution in [0.5, 0.6) is 11.5 Å². The Morgan fingerprint density at radius 1 is 1.39 bits per heavy atom. The van der Waals surface area contributed by atoms with Crippen molar-refractivity contribution in [2.75, 3.05) is 18.1 Å². The van der Waals surface area contributed by atoms with E-state index in [1.807, 2.05) is 13.8 Å². The van der Waals surface area contributed by atoms with Crippen LogP contribution in [-0.2, 0) is 9.59 Å². The highest BCUT2D eigenvalue weighted by atomic mass is 35.5. The summed E-state index contributed by atoms with van der Waals surface area (Å²) in [6.07, 6.45) is 3.49. The Labute approximate surface area is 167 Å². The summed E-state index contributed by atoms with van der Waals surface area (Å²) in [6, 6.07) is 3.16. The molecule has 0 bridgehead atoms. The molecule has 148 valence electrons. The van der Waals surface area contributed by atoms with Crippen LogP contribution in [0.2, 0.25) is 5.02 Å². The third-order valence-electron chi connectivity index (χ3n) is 4.23. The molecule has 1 aliphatic rings. The fourth-order valence-corrected chi connectivity index (χ4v) is 2.99. The molecule has 0 saturated carbocycles. The molecule has 0 fully saturated rings. The third kappa shape index (κ3) is 4.33. The number of aryl methyl sites for hydroxylation is 1. The van der Waals surface area contributed by atoms with Crippen molar-refractivity contribution in [3.63, 3.8) is 0 Å². The molecule has 8 nitrogen and oxygen atoms in total. The van der Waals surface area contributed by atoms with Crippen LogP contribution in [0, 0.1) is 6.92 Å². The van der Waals surface area contributed by atoms with E-state index in [-0.39, 0.29) is 30.5 Å². The molecule has 1 atom stereocenters. The highest BCUT2D eigenvalue weighted by Crippen LogP contribution is 2.41. The quantitative estimate of drug-likeness (QED) is 0.754. The van der Waals surface area contributed by atoms with Gasteiger partial charge in [0.15, 0.2) is 18.5 Å². The lowest BCUT2D eigenvalue weighted by atomic mass is 10.2. The van der Waals surface area contributed by atoms with Gasteiger partial charge in [-0.3, -0.25) is 9.59 Å². The lowest BCUT2D eigenvalue weighted by Crippen LogP contribution is -2.40. The molecular weight excluding hydrogens is 386 g/mol. The summed E-state index contributed by atoms with van der Waals surface area (Å²) in [5.74, 6) is 0.0165. The Kier molecular flexibility index (Phi) is 5.99. The molecule has 3 rings (SSSR count). The molecule has 0 unspecified atom stereocenters. The van der Waals surface area contributed by atoms with Gasteiger partial charge in [0.05, 0.1) is 17.1 Å². The van der Waals surface area contributed by atoms with Gasteiger partial charge in [0.25, 0.3) is 5.91 Å². The second kappa shape index (κ2) is 8.43. The molecule has 28 heavy (non-hydrogen) atoms. The monoisotopic (exact) mass is 405 g/mol. The number of anilines is 1. The molecule has 0 aliphatic carbocycles. The van der Waals surface area contributed by atoms with Crippen molar-refractivity contribution in [2.45, 2.75) is 32.8 Å². The average molecular weight is 406 g/mol. The van der Waals surface area contributed by atoms with E-state index in [0.29, 0.717) is 29.4 Å². The number of aliphatic carboxylic acids is 1. The van der Waals surface area contributed by atoms with Crippen molar-refractivity contribution in [2.24, 2.45) is 0 Å². The van der Waals surface area contributed by atoms with Crippen molar-refractivity contribution in [1.82, 2.24) is 9.97 Å². The lowest BCUT2D eigenvalue weighted by Gasteiger charge is -2.30. The zero-order chi connectivity index (χ0) is 20.3. The van der Waals surface area contributed by atoms with Crippen LogP contribution in [0.4, 0.5) is 5.69 Å². The summed E-state index contributed by atoms with van der Waals surface area (Å²) in [6.45, 7) is 3.71. The number of benzene rings is 1. The average Bonchev–Trinajstić information content (AvgIpc) is 2.66. The smallest absolute Gasteiger partial charge is 0.305 e. The number of aromatic nitrogens is 2. The fourth-order valence-electron chi connectivity index (χ4n) is 2.79. The minimum absolute atomic E-state index is 0.0376. The maximum Gasteiger partial charge on any atom is 0.305 e. The Bertz CT molecular complexity index is 888. The van der Waals surface area contributed by atoms with Crippen LogP contribution >= 0.6 is 11.6 Å². The number of hydrogen-bond donors (Lipinski definition) is 1. The predicted octanol–water partition coefficient (Wildman–Crippen LogP) is 3.17. The third-order valence-corrected chi connectivity index (χ3v) is 4.53. The number of hydrogen-bond acceptors (Lipinski definition) is 6. The molecule has 1 aromatic heterocycles. The number of carboxylic acids is 1. The first-order valence-electron chi connectivity index (χ1n) is 8.82. The summed E-state index contributed by atoms with van der Waals surface area (Å²) in [5, 5.41) is 9.18. The number of ether oxygens (including phenoxy) is 2. The summed E-state index contributed by atoms with van der Waals surface area (Å²) in [4.78, 5) is 33.0. The summed E-state index contributed by atoms with van der Waals surface area (Å²) >= 11 is 6.38. The van der Waals surface area contributed by atoms with Crippen molar-refractivity contribution in [3.05, 3.63) is 40.9 Å². The molecule has 0 spiro atoms. The lowest BCUT2D eigenvalue weighted by molar-refractivity contribution is -0.136. The molecule has 2 aromatic rings. The molecule has 1 aliphatic heterocycles. The van der Waals surface area contributed by atoms with Crippen LogP contribution in [0.25, 0.3) is 0 Å². The van der Waals surface area contributed by atoms with Gasteiger partial charge < -0.3 is 19.5 Å². The SMILES string of the molecule is CC[C@@H](Oc1cc2c(cc1Cl)N(CCC(=O)O)C(=O)CO2)c1ncc(C)cn1. The minimum atomic E-state index is -0.990. The van der Waals surface area contributed by atoms with E-state index < -0.39 is 12.1 Å². The summed E-state index contributed by atoms with van der Waals surface area (Å²) in [7, 11) is 0. The van der Waals surface area contributed by atoms with E-state index in [9.17, 15) is 9.59 Å². The van der Waals surface area contributed by atoms with Crippen LogP contribution < -0.4 is 14.4 Å². The number of amides is 1. The molecule has 1 N–H and O–H groups in total. The van der Waals surface area contributed by atoms with Crippen molar-refractivity contribution >= 4 is 29.2 Å². The molecule has 9 heteroatoms. The zero-order valence-electron chi connectivity index (χ0n) is 15.5. The fraction of sp³-hybridized carbons (Fsp3) is 0.368. The number of carbonyl (C=O) groups is 2. The van der Waals surface area contributed by atoms with E-state index >= 15 is 0 Å². The van der Waals surface area contributed by atoms with Crippen molar-refractivity contribution in [3.8, 4) is 11.5 Å². The van der Waals surface area contributed by atoms with E-state index in [1.165, 1.54) is 4.90 Å². The van der Waals surface area contributed by atoms with Gasteiger partial charge in [-0.25, -0.2) is 9.97 Å².